The van der Waals surface area contributed by atoms with E-state index in [0.717, 1.165) is 0 Å². The van der Waals surface area contributed by atoms with Crippen molar-refractivity contribution in [2.75, 3.05) is 13.2 Å². The SMILES string of the molecule is CC(=O)CC1(N)COC1. The predicted octanol–water partition coefficient (Wildman–Crippen LogP) is -0.307. The molecule has 1 aliphatic heterocycles. The van der Waals surface area contributed by atoms with Crippen LogP contribution in [0.2, 0.25) is 0 Å². The van der Waals surface area contributed by atoms with Crippen LogP contribution in [-0.4, -0.2) is 24.5 Å². The van der Waals surface area contributed by atoms with Gasteiger partial charge in [-0.3, -0.25) is 4.79 Å². The first kappa shape index (κ1) is 6.71. The lowest BCUT2D eigenvalue weighted by atomic mass is 9.93. The van der Waals surface area contributed by atoms with E-state index in [9.17, 15) is 4.79 Å². The number of ketones is 1. The van der Waals surface area contributed by atoms with Gasteiger partial charge in [-0.05, 0) is 6.92 Å². The molecule has 1 saturated heterocycles. The summed E-state index contributed by atoms with van der Waals surface area (Å²) in [6.45, 7) is 2.62. The van der Waals surface area contributed by atoms with Crippen LogP contribution in [0.3, 0.4) is 0 Å². The molecule has 1 heterocycles. The van der Waals surface area contributed by atoms with Crippen molar-refractivity contribution < 1.29 is 9.53 Å². The van der Waals surface area contributed by atoms with Gasteiger partial charge in [0, 0.05) is 6.42 Å². The summed E-state index contributed by atoms with van der Waals surface area (Å²) in [5.41, 5.74) is 5.33. The van der Waals surface area contributed by atoms with Gasteiger partial charge in [-0.15, -0.1) is 0 Å². The monoisotopic (exact) mass is 129 g/mol. The van der Waals surface area contributed by atoms with Crippen LogP contribution < -0.4 is 5.73 Å². The molecule has 0 amide bonds. The van der Waals surface area contributed by atoms with Crippen LogP contribution >= 0.6 is 0 Å². The Morgan fingerprint density at radius 2 is 2.33 bits per heavy atom. The molecule has 0 aromatic rings. The molecule has 1 rings (SSSR count). The Bertz CT molecular complexity index is 129. The fourth-order valence-corrected chi connectivity index (χ4v) is 0.962. The first-order chi connectivity index (χ1) is 4.12. The van der Waals surface area contributed by atoms with Crippen molar-refractivity contribution in [1.29, 1.82) is 0 Å². The zero-order valence-electron chi connectivity index (χ0n) is 5.52. The normalized spacial score (nSPS) is 22.9. The van der Waals surface area contributed by atoms with Crippen LogP contribution in [0.25, 0.3) is 0 Å². The van der Waals surface area contributed by atoms with Crippen molar-refractivity contribution in [3.8, 4) is 0 Å². The van der Waals surface area contributed by atoms with Crippen LogP contribution in [0.4, 0.5) is 0 Å². The lowest BCUT2D eigenvalue weighted by Gasteiger charge is -2.36. The molecule has 0 spiro atoms. The summed E-state index contributed by atoms with van der Waals surface area (Å²) in [6.07, 6.45) is 0.451. The number of nitrogens with two attached hydrogens (primary N) is 1. The predicted molar refractivity (Wildman–Crippen MR) is 33.0 cm³/mol. The number of Topliss-reactive ketones (excluding diaryl/α,β-unsaturated/α-hetero) is 1. The maximum Gasteiger partial charge on any atom is 0.131 e. The van der Waals surface area contributed by atoms with Crippen LogP contribution in [0.15, 0.2) is 0 Å². The fourth-order valence-electron chi connectivity index (χ4n) is 0.962. The number of hydrogen-bond acceptors (Lipinski definition) is 3. The smallest absolute Gasteiger partial charge is 0.131 e. The highest BCUT2D eigenvalue weighted by Crippen LogP contribution is 2.17. The minimum atomic E-state index is -0.328. The molecule has 0 saturated carbocycles. The maximum absolute atomic E-state index is 10.5. The second kappa shape index (κ2) is 2.08. The third-order valence-corrected chi connectivity index (χ3v) is 1.38. The Balaban J connectivity index is 2.33. The molecule has 1 aliphatic rings. The van der Waals surface area contributed by atoms with Crippen molar-refractivity contribution in [2.24, 2.45) is 5.73 Å². The average Bonchev–Trinajstić information content (AvgIpc) is 1.60. The molecule has 52 valence electrons. The second-order valence-electron chi connectivity index (χ2n) is 2.73. The zero-order chi connectivity index (χ0) is 6.91. The molecule has 0 unspecified atom stereocenters. The number of carbonyl (C=O) groups is 1. The lowest BCUT2D eigenvalue weighted by Crippen LogP contribution is -2.58. The van der Waals surface area contributed by atoms with Crippen LogP contribution in [0, 0.1) is 0 Å². The van der Waals surface area contributed by atoms with Crippen molar-refractivity contribution >= 4 is 5.78 Å². The Labute approximate surface area is 54.2 Å². The van der Waals surface area contributed by atoms with Gasteiger partial charge in [0.05, 0.1) is 18.8 Å². The topological polar surface area (TPSA) is 52.3 Å². The van der Waals surface area contributed by atoms with E-state index in [4.69, 9.17) is 10.5 Å². The summed E-state index contributed by atoms with van der Waals surface area (Å²) in [5, 5.41) is 0. The Morgan fingerprint density at radius 1 is 1.78 bits per heavy atom. The molecular formula is C6H11NO2. The van der Waals surface area contributed by atoms with Gasteiger partial charge in [0.1, 0.15) is 5.78 Å². The van der Waals surface area contributed by atoms with Crippen molar-refractivity contribution in [1.82, 2.24) is 0 Å². The fraction of sp³-hybridized carbons (Fsp3) is 0.833. The van der Waals surface area contributed by atoms with E-state index < -0.39 is 0 Å². The third-order valence-electron chi connectivity index (χ3n) is 1.38. The summed E-state index contributed by atoms with van der Waals surface area (Å²) in [5.74, 6) is 0.140. The molecule has 0 radical (unpaired) electrons. The molecule has 0 bridgehead atoms. The van der Waals surface area contributed by atoms with Gasteiger partial charge in [0.2, 0.25) is 0 Å². The van der Waals surface area contributed by atoms with Crippen LogP contribution in [-0.2, 0) is 9.53 Å². The highest BCUT2D eigenvalue weighted by Gasteiger charge is 2.34. The van der Waals surface area contributed by atoms with E-state index >= 15 is 0 Å². The van der Waals surface area contributed by atoms with Crippen LogP contribution in [0.5, 0.6) is 0 Å². The van der Waals surface area contributed by atoms with E-state index in [1.165, 1.54) is 0 Å². The Kier molecular flexibility index (Phi) is 1.55. The minimum Gasteiger partial charge on any atom is -0.377 e. The molecule has 0 aromatic heterocycles. The average molecular weight is 129 g/mol. The molecule has 0 atom stereocenters. The Morgan fingerprint density at radius 3 is 2.44 bits per heavy atom. The molecule has 3 nitrogen and oxygen atoms in total. The van der Waals surface area contributed by atoms with Gasteiger partial charge in [0.15, 0.2) is 0 Å². The summed E-state index contributed by atoms with van der Waals surface area (Å²) in [4.78, 5) is 10.5. The van der Waals surface area contributed by atoms with Crippen molar-refractivity contribution in [3.63, 3.8) is 0 Å². The van der Waals surface area contributed by atoms with Gasteiger partial charge < -0.3 is 10.5 Å². The zero-order valence-corrected chi connectivity index (χ0v) is 5.52. The molecular weight excluding hydrogens is 118 g/mol. The standard InChI is InChI=1S/C6H11NO2/c1-5(8)2-6(7)3-9-4-6/h2-4,7H2,1H3. The lowest BCUT2D eigenvalue weighted by molar-refractivity contribution is -0.124. The summed E-state index contributed by atoms with van der Waals surface area (Å²) in [7, 11) is 0. The van der Waals surface area contributed by atoms with Gasteiger partial charge in [-0.1, -0.05) is 0 Å². The van der Waals surface area contributed by atoms with Gasteiger partial charge >= 0.3 is 0 Å². The van der Waals surface area contributed by atoms with Crippen LogP contribution in [0.1, 0.15) is 13.3 Å². The van der Waals surface area contributed by atoms with Crippen molar-refractivity contribution in [2.45, 2.75) is 18.9 Å². The second-order valence-corrected chi connectivity index (χ2v) is 2.73. The highest BCUT2D eigenvalue weighted by molar-refractivity contribution is 5.76. The van der Waals surface area contributed by atoms with Crippen molar-refractivity contribution in [3.05, 3.63) is 0 Å². The third kappa shape index (κ3) is 1.50. The first-order valence-corrected chi connectivity index (χ1v) is 2.98. The molecule has 0 aliphatic carbocycles. The summed E-state index contributed by atoms with van der Waals surface area (Å²) in [6, 6.07) is 0. The number of hydrogen-bond donors (Lipinski definition) is 1. The van der Waals surface area contributed by atoms with E-state index in [1.807, 2.05) is 0 Å². The summed E-state index contributed by atoms with van der Waals surface area (Å²) >= 11 is 0. The van der Waals surface area contributed by atoms with E-state index in [1.54, 1.807) is 6.92 Å². The summed E-state index contributed by atoms with van der Waals surface area (Å²) < 4.78 is 4.86. The molecule has 2 N–H and O–H groups in total. The number of carbonyl (C=O) groups excluding carboxylic acids is 1. The van der Waals surface area contributed by atoms with E-state index in [0.29, 0.717) is 19.6 Å². The largest absolute Gasteiger partial charge is 0.377 e. The number of ether oxygens (including phenoxy) is 1. The molecule has 1 fully saturated rings. The quantitative estimate of drug-likeness (QED) is 0.556. The van der Waals surface area contributed by atoms with E-state index in [2.05, 4.69) is 0 Å². The number of rotatable bonds is 2. The molecule has 3 heteroatoms. The van der Waals surface area contributed by atoms with E-state index in [-0.39, 0.29) is 11.3 Å². The Hall–Kier alpha value is -0.410. The van der Waals surface area contributed by atoms with Gasteiger partial charge in [-0.2, -0.15) is 0 Å². The first-order valence-electron chi connectivity index (χ1n) is 2.98. The molecule has 9 heavy (non-hydrogen) atoms. The maximum atomic E-state index is 10.5. The highest BCUT2D eigenvalue weighted by atomic mass is 16.5. The molecule has 0 aromatic carbocycles. The minimum absolute atomic E-state index is 0.140. The van der Waals surface area contributed by atoms with Gasteiger partial charge in [-0.25, -0.2) is 0 Å². The van der Waals surface area contributed by atoms with Gasteiger partial charge in [0.25, 0.3) is 0 Å².